The molecule has 0 aromatic heterocycles. The molecule has 0 aliphatic rings. The Balaban J connectivity index is 2.79. The van der Waals surface area contributed by atoms with Crippen molar-refractivity contribution in [2.24, 2.45) is 0 Å². The third-order valence-electron chi connectivity index (χ3n) is 2.25. The third kappa shape index (κ3) is 3.57. The van der Waals surface area contributed by atoms with Crippen molar-refractivity contribution in [1.82, 2.24) is 0 Å². The molecule has 0 unspecified atom stereocenters. The zero-order valence-electron chi connectivity index (χ0n) is 10.7. The molecule has 3 heteroatoms. The summed E-state index contributed by atoms with van der Waals surface area (Å²) in [6.07, 6.45) is 0. The van der Waals surface area contributed by atoms with Gasteiger partial charge < -0.3 is 10.2 Å². The summed E-state index contributed by atoms with van der Waals surface area (Å²) in [4.78, 5) is 12.8. The van der Waals surface area contributed by atoms with Gasteiger partial charge in [-0.2, -0.15) is 0 Å². The Hall–Kier alpha value is -1.51. The maximum absolute atomic E-state index is 11.2. The van der Waals surface area contributed by atoms with Crippen LogP contribution in [0, 0.1) is 0 Å². The minimum atomic E-state index is 0.0385. The molecule has 3 nitrogen and oxygen atoms in total. The van der Waals surface area contributed by atoms with E-state index in [-0.39, 0.29) is 11.4 Å². The van der Waals surface area contributed by atoms with E-state index in [1.807, 2.05) is 24.3 Å². The largest absolute Gasteiger partial charge is 0.380 e. The first-order chi connectivity index (χ1) is 7.29. The minimum Gasteiger partial charge on any atom is -0.380 e. The monoisotopic (exact) mass is 220 g/mol. The number of nitrogens with zero attached hydrogens (tertiary/aromatic N) is 1. The molecule has 0 spiro atoms. The molecule has 16 heavy (non-hydrogen) atoms. The van der Waals surface area contributed by atoms with Crippen molar-refractivity contribution in [3.05, 3.63) is 24.3 Å². The van der Waals surface area contributed by atoms with Crippen LogP contribution in [0.15, 0.2) is 24.3 Å². The Kier molecular flexibility index (Phi) is 3.58. The number of rotatable bonds is 2. The van der Waals surface area contributed by atoms with Gasteiger partial charge in [-0.15, -0.1) is 0 Å². The minimum absolute atomic E-state index is 0.0385. The lowest BCUT2D eigenvalue weighted by atomic mass is 10.1. The summed E-state index contributed by atoms with van der Waals surface area (Å²) in [5.74, 6) is 0.0385. The predicted octanol–water partition coefficient (Wildman–Crippen LogP) is 2.88. The zero-order chi connectivity index (χ0) is 12.3. The molecule has 1 N–H and O–H groups in total. The Bertz CT molecular complexity index is 363. The molecule has 0 fully saturated rings. The van der Waals surface area contributed by atoms with Gasteiger partial charge in [0.25, 0.3) is 0 Å². The van der Waals surface area contributed by atoms with Crippen molar-refractivity contribution in [1.29, 1.82) is 0 Å². The van der Waals surface area contributed by atoms with Gasteiger partial charge in [0.1, 0.15) is 0 Å². The molecule has 88 valence electrons. The van der Waals surface area contributed by atoms with Gasteiger partial charge in [-0.3, -0.25) is 4.79 Å². The van der Waals surface area contributed by atoms with Crippen LogP contribution in [0.4, 0.5) is 11.4 Å². The average Bonchev–Trinajstić information content (AvgIpc) is 2.15. The van der Waals surface area contributed by atoms with Crippen molar-refractivity contribution < 1.29 is 4.79 Å². The number of anilines is 2. The molecule has 0 atom stereocenters. The highest BCUT2D eigenvalue weighted by molar-refractivity contribution is 5.91. The van der Waals surface area contributed by atoms with Crippen molar-refractivity contribution in [2.45, 2.75) is 33.2 Å². The highest BCUT2D eigenvalue weighted by Gasteiger charge is 2.09. The van der Waals surface area contributed by atoms with Gasteiger partial charge in [-0.05, 0) is 45.0 Å². The van der Waals surface area contributed by atoms with E-state index >= 15 is 0 Å². The Labute approximate surface area is 97.5 Å². The highest BCUT2D eigenvalue weighted by Crippen LogP contribution is 2.19. The molecule has 0 aliphatic carbocycles. The van der Waals surface area contributed by atoms with Crippen molar-refractivity contribution in [3.8, 4) is 0 Å². The molecule has 0 heterocycles. The maximum Gasteiger partial charge on any atom is 0.223 e. The van der Waals surface area contributed by atoms with Crippen LogP contribution >= 0.6 is 0 Å². The number of hydrogen-bond acceptors (Lipinski definition) is 2. The van der Waals surface area contributed by atoms with Crippen molar-refractivity contribution in [3.63, 3.8) is 0 Å². The van der Waals surface area contributed by atoms with Crippen molar-refractivity contribution in [2.75, 3.05) is 17.3 Å². The molecule has 1 amide bonds. The summed E-state index contributed by atoms with van der Waals surface area (Å²) in [6.45, 7) is 7.90. The quantitative estimate of drug-likeness (QED) is 0.831. The number of hydrogen-bond donors (Lipinski definition) is 1. The summed E-state index contributed by atoms with van der Waals surface area (Å²) >= 11 is 0. The van der Waals surface area contributed by atoms with E-state index in [0.29, 0.717) is 0 Å². The van der Waals surface area contributed by atoms with E-state index in [9.17, 15) is 4.79 Å². The van der Waals surface area contributed by atoms with Gasteiger partial charge in [0.2, 0.25) is 5.91 Å². The van der Waals surface area contributed by atoms with Crippen LogP contribution < -0.4 is 10.2 Å². The second kappa shape index (κ2) is 4.56. The van der Waals surface area contributed by atoms with Gasteiger partial charge >= 0.3 is 0 Å². The molecular weight excluding hydrogens is 200 g/mol. The fraction of sp³-hybridized carbons (Fsp3) is 0.462. The van der Waals surface area contributed by atoms with E-state index in [0.717, 1.165) is 11.4 Å². The average molecular weight is 220 g/mol. The molecule has 1 aromatic carbocycles. The summed E-state index contributed by atoms with van der Waals surface area (Å²) in [5, 5.41) is 3.37. The molecule has 1 rings (SSSR count). The van der Waals surface area contributed by atoms with Gasteiger partial charge in [0.15, 0.2) is 0 Å². The first-order valence-corrected chi connectivity index (χ1v) is 5.42. The summed E-state index contributed by atoms with van der Waals surface area (Å²) in [6, 6.07) is 7.85. The van der Waals surface area contributed by atoms with Gasteiger partial charge in [-0.25, -0.2) is 0 Å². The number of benzene rings is 1. The number of carbonyl (C=O) groups excluding carboxylic acids is 1. The fourth-order valence-corrected chi connectivity index (χ4v) is 1.38. The van der Waals surface area contributed by atoms with Gasteiger partial charge in [-0.1, -0.05) is 0 Å². The molecule has 0 radical (unpaired) electrons. The SMILES string of the molecule is CC(=O)N(C)c1ccc(NC(C)(C)C)cc1. The lowest BCUT2D eigenvalue weighted by Gasteiger charge is -2.23. The normalized spacial score (nSPS) is 11.1. The second-order valence-corrected chi connectivity index (χ2v) is 5.00. The van der Waals surface area contributed by atoms with Crippen LogP contribution in [0.5, 0.6) is 0 Å². The lowest BCUT2D eigenvalue weighted by Crippen LogP contribution is -2.26. The van der Waals surface area contributed by atoms with E-state index in [4.69, 9.17) is 0 Å². The number of amides is 1. The Morgan fingerprint density at radius 1 is 1.19 bits per heavy atom. The number of carbonyl (C=O) groups is 1. The van der Waals surface area contributed by atoms with Gasteiger partial charge in [0, 0.05) is 30.9 Å². The first-order valence-electron chi connectivity index (χ1n) is 5.42. The van der Waals surface area contributed by atoms with E-state index in [1.54, 1.807) is 18.9 Å². The molecule has 0 bridgehead atoms. The third-order valence-corrected chi connectivity index (χ3v) is 2.25. The second-order valence-electron chi connectivity index (χ2n) is 5.00. The molecule has 1 aromatic rings. The predicted molar refractivity (Wildman–Crippen MR) is 68.9 cm³/mol. The van der Waals surface area contributed by atoms with E-state index in [1.165, 1.54) is 0 Å². The molecule has 0 saturated carbocycles. The van der Waals surface area contributed by atoms with E-state index in [2.05, 4.69) is 26.1 Å². The summed E-state index contributed by atoms with van der Waals surface area (Å²) in [7, 11) is 1.77. The topological polar surface area (TPSA) is 32.3 Å². The molecule has 0 aliphatic heterocycles. The highest BCUT2D eigenvalue weighted by atomic mass is 16.2. The van der Waals surface area contributed by atoms with Crippen LogP contribution in [-0.4, -0.2) is 18.5 Å². The smallest absolute Gasteiger partial charge is 0.223 e. The zero-order valence-corrected chi connectivity index (χ0v) is 10.7. The van der Waals surface area contributed by atoms with Crippen LogP contribution in [0.25, 0.3) is 0 Å². The standard InChI is InChI=1S/C13H20N2O/c1-10(16)15(5)12-8-6-11(7-9-12)14-13(2,3)4/h6-9,14H,1-5H3. The Morgan fingerprint density at radius 2 is 1.69 bits per heavy atom. The van der Waals surface area contributed by atoms with Crippen LogP contribution in [0.1, 0.15) is 27.7 Å². The molecular formula is C13H20N2O. The lowest BCUT2D eigenvalue weighted by molar-refractivity contribution is -0.116. The van der Waals surface area contributed by atoms with Crippen LogP contribution in [-0.2, 0) is 4.79 Å². The fourth-order valence-electron chi connectivity index (χ4n) is 1.38. The van der Waals surface area contributed by atoms with Crippen LogP contribution in [0.2, 0.25) is 0 Å². The van der Waals surface area contributed by atoms with Gasteiger partial charge in [0.05, 0.1) is 0 Å². The summed E-state index contributed by atoms with van der Waals surface area (Å²) in [5.41, 5.74) is 2.02. The first kappa shape index (κ1) is 12.6. The van der Waals surface area contributed by atoms with Crippen molar-refractivity contribution >= 4 is 17.3 Å². The Morgan fingerprint density at radius 3 is 2.06 bits per heavy atom. The number of nitrogens with one attached hydrogen (secondary N) is 1. The molecule has 0 saturated heterocycles. The van der Waals surface area contributed by atoms with Crippen LogP contribution in [0.3, 0.4) is 0 Å². The summed E-state index contributed by atoms with van der Waals surface area (Å²) < 4.78 is 0. The maximum atomic E-state index is 11.2. The van der Waals surface area contributed by atoms with E-state index < -0.39 is 0 Å².